The van der Waals surface area contributed by atoms with Gasteiger partial charge in [-0.2, -0.15) is 0 Å². The van der Waals surface area contributed by atoms with E-state index < -0.39 is 0 Å². The number of ether oxygens (including phenoxy) is 2. The van der Waals surface area contributed by atoms with Gasteiger partial charge >= 0.3 is 0 Å². The number of aromatic nitrogens is 1. The van der Waals surface area contributed by atoms with Crippen LogP contribution >= 0.6 is 15.9 Å². The first-order valence-corrected chi connectivity index (χ1v) is 8.84. The summed E-state index contributed by atoms with van der Waals surface area (Å²) in [4.78, 5) is 4.44. The number of benzene rings is 1. The molecule has 2 rings (SSSR count). The van der Waals surface area contributed by atoms with Gasteiger partial charge in [0.1, 0.15) is 11.4 Å². The fourth-order valence-corrected chi connectivity index (χ4v) is 3.12. The van der Waals surface area contributed by atoms with Crippen LogP contribution in [0.15, 0.2) is 34.9 Å². The Hall–Kier alpha value is -1.55. The molecule has 130 valence electrons. The van der Waals surface area contributed by atoms with Crippen molar-refractivity contribution in [3.63, 3.8) is 0 Å². The van der Waals surface area contributed by atoms with Gasteiger partial charge in [0.25, 0.3) is 0 Å². The second-order valence-corrected chi connectivity index (χ2v) is 8.71. The van der Waals surface area contributed by atoms with Gasteiger partial charge in [-0.1, -0.05) is 20.8 Å². The predicted octanol–water partition coefficient (Wildman–Crippen LogP) is 5.99. The van der Waals surface area contributed by atoms with Crippen molar-refractivity contribution in [1.29, 1.82) is 0 Å². The summed E-state index contributed by atoms with van der Waals surface area (Å²) in [6, 6.07) is 8.19. The molecule has 3 nitrogen and oxygen atoms in total. The Kier molecular flexibility index (Phi) is 5.28. The first kappa shape index (κ1) is 18.8. The second kappa shape index (κ2) is 6.75. The normalized spacial score (nSPS) is 12.2. The molecule has 0 aliphatic rings. The molecular weight excluding hydrogens is 366 g/mol. The second-order valence-electron chi connectivity index (χ2n) is 7.86. The fraction of sp³-hybridized carbons (Fsp3) is 0.450. The van der Waals surface area contributed by atoms with E-state index in [1.807, 2.05) is 32.9 Å². The van der Waals surface area contributed by atoms with Crippen LogP contribution in [-0.4, -0.2) is 17.7 Å². The van der Waals surface area contributed by atoms with Crippen LogP contribution in [0.4, 0.5) is 0 Å². The Morgan fingerprint density at radius 2 is 1.71 bits per heavy atom. The lowest BCUT2D eigenvalue weighted by molar-refractivity contribution is 0.125. The summed E-state index contributed by atoms with van der Waals surface area (Å²) in [7, 11) is 1.70. The van der Waals surface area contributed by atoms with Crippen LogP contribution in [0.1, 0.15) is 47.1 Å². The van der Waals surface area contributed by atoms with Crippen LogP contribution in [0.2, 0.25) is 0 Å². The zero-order valence-electron chi connectivity index (χ0n) is 15.5. The molecule has 0 saturated heterocycles. The number of methoxy groups -OCH3 is 1. The van der Waals surface area contributed by atoms with E-state index in [2.05, 4.69) is 53.8 Å². The van der Waals surface area contributed by atoms with E-state index in [4.69, 9.17) is 9.47 Å². The topological polar surface area (TPSA) is 31.4 Å². The Balaban J connectivity index is 2.65. The smallest absolute Gasteiger partial charge is 0.221 e. The molecule has 0 radical (unpaired) electrons. The standard InChI is InChI=1S/C20H26BrNO2/c1-19(2,3)15-11-13(12-16(21)17(15)23-7)14-9-8-10-22-18(14)24-20(4,5)6/h8-12H,1-7H3. The van der Waals surface area contributed by atoms with Crippen LogP contribution in [0.25, 0.3) is 11.1 Å². The summed E-state index contributed by atoms with van der Waals surface area (Å²) in [5.74, 6) is 1.51. The van der Waals surface area contributed by atoms with Gasteiger partial charge < -0.3 is 9.47 Å². The van der Waals surface area contributed by atoms with Crippen LogP contribution in [0, 0.1) is 0 Å². The van der Waals surface area contributed by atoms with Crippen LogP contribution in [-0.2, 0) is 5.41 Å². The van der Waals surface area contributed by atoms with Gasteiger partial charge in [0.05, 0.1) is 11.6 Å². The molecule has 0 amide bonds. The number of pyridine rings is 1. The minimum atomic E-state index is -0.306. The first-order chi connectivity index (χ1) is 11.0. The summed E-state index contributed by atoms with van der Waals surface area (Å²) in [6.45, 7) is 12.6. The average molecular weight is 392 g/mol. The highest BCUT2D eigenvalue weighted by molar-refractivity contribution is 9.10. The van der Waals surface area contributed by atoms with Gasteiger partial charge in [-0.25, -0.2) is 4.98 Å². The maximum atomic E-state index is 6.05. The Labute approximate surface area is 153 Å². The van der Waals surface area contributed by atoms with E-state index in [1.54, 1.807) is 13.3 Å². The van der Waals surface area contributed by atoms with Crippen molar-refractivity contribution in [1.82, 2.24) is 4.98 Å². The Morgan fingerprint density at radius 3 is 2.25 bits per heavy atom. The third-order valence-corrected chi connectivity index (χ3v) is 4.13. The SMILES string of the molecule is COc1c(Br)cc(-c2cccnc2OC(C)(C)C)cc1C(C)(C)C. The minimum Gasteiger partial charge on any atom is -0.495 e. The minimum absolute atomic E-state index is 0.0445. The van der Waals surface area contributed by atoms with Crippen molar-refractivity contribution in [2.75, 3.05) is 7.11 Å². The van der Waals surface area contributed by atoms with E-state index in [9.17, 15) is 0 Å². The van der Waals surface area contributed by atoms with Gasteiger partial charge in [-0.15, -0.1) is 0 Å². The molecule has 0 spiro atoms. The molecular formula is C20H26BrNO2. The van der Waals surface area contributed by atoms with Crippen LogP contribution in [0.3, 0.4) is 0 Å². The fourth-order valence-electron chi connectivity index (χ4n) is 2.50. The zero-order valence-corrected chi connectivity index (χ0v) is 17.1. The lowest BCUT2D eigenvalue weighted by atomic mass is 9.84. The van der Waals surface area contributed by atoms with Crippen molar-refractivity contribution in [2.45, 2.75) is 52.6 Å². The maximum Gasteiger partial charge on any atom is 0.221 e. The molecule has 4 heteroatoms. The van der Waals surface area contributed by atoms with Crippen molar-refractivity contribution in [3.05, 3.63) is 40.5 Å². The largest absolute Gasteiger partial charge is 0.495 e. The summed E-state index contributed by atoms with van der Waals surface area (Å²) in [5, 5.41) is 0. The zero-order chi connectivity index (χ0) is 18.1. The van der Waals surface area contributed by atoms with Gasteiger partial charge in [0, 0.05) is 17.3 Å². The molecule has 0 fully saturated rings. The van der Waals surface area contributed by atoms with Crippen LogP contribution < -0.4 is 9.47 Å². The maximum absolute atomic E-state index is 6.05. The van der Waals surface area contributed by atoms with Crippen molar-refractivity contribution < 1.29 is 9.47 Å². The molecule has 0 N–H and O–H groups in total. The molecule has 1 aromatic carbocycles. The quantitative estimate of drug-likeness (QED) is 0.643. The Morgan fingerprint density at radius 1 is 1.04 bits per heavy atom. The van der Waals surface area contributed by atoms with E-state index in [0.717, 1.165) is 26.9 Å². The van der Waals surface area contributed by atoms with Gasteiger partial charge in [-0.3, -0.25) is 0 Å². The van der Waals surface area contributed by atoms with Gasteiger partial charge in [-0.05, 0) is 71.9 Å². The van der Waals surface area contributed by atoms with E-state index in [0.29, 0.717) is 5.88 Å². The average Bonchev–Trinajstić information content (AvgIpc) is 2.44. The molecule has 2 aromatic rings. The number of halogens is 1. The summed E-state index contributed by atoms with van der Waals surface area (Å²) < 4.78 is 12.6. The van der Waals surface area contributed by atoms with Crippen molar-refractivity contribution in [3.8, 4) is 22.8 Å². The molecule has 0 saturated carbocycles. The highest BCUT2D eigenvalue weighted by Crippen LogP contribution is 2.42. The summed E-state index contributed by atoms with van der Waals surface area (Å²) >= 11 is 3.65. The lowest BCUT2D eigenvalue weighted by Gasteiger charge is -2.25. The number of hydrogen-bond donors (Lipinski definition) is 0. The third kappa shape index (κ3) is 4.29. The van der Waals surface area contributed by atoms with E-state index >= 15 is 0 Å². The molecule has 1 aromatic heterocycles. The molecule has 0 aliphatic carbocycles. The van der Waals surface area contributed by atoms with E-state index in [1.165, 1.54) is 0 Å². The predicted molar refractivity (Wildman–Crippen MR) is 103 cm³/mol. The molecule has 0 bridgehead atoms. The number of rotatable bonds is 3. The number of hydrogen-bond acceptors (Lipinski definition) is 3. The third-order valence-electron chi connectivity index (χ3n) is 3.54. The highest BCUT2D eigenvalue weighted by Gasteiger charge is 2.24. The Bertz CT molecular complexity index is 727. The monoisotopic (exact) mass is 391 g/mol. The molecule has 0 unspecified atom stereocenters. The molecule has 0 aliphatic heterocycles. The van der Waals surface area contributed by atoms with Crippen LogP contribution in [0.5, 0.6) is 11.6 Å². The number of nitrogens with zero attached hydrogens (tertiary/aromatic N) is 1. The summed E-state index contributed by atoms with van der Waals surface area (Å²) in [5.41, 5.74) is 2.82. The first-order valence-electron chi connectivity index (χ1n) is 8.05. The van der Waals surface area contributed by atoms with Gasteiger partial charge in [0.15, 0.2) is 0 Å². The van der Waals surface area contributed by atoms with Crippen molar-refractivity contribution >= 4 is 15.9 Å². The molecule has 1 heterocycles. The molecule has 24 heavy (non-hydrogen) atoms. The van der Waals surface area contributed by atoms with E-state index in [-0.39, 0.29) is 11.0 Å². The molecule has 0 atom stereocenters. The lowest BCUT2D eigenvalue weighted by Crippen LogP contribution is -2.24. The highest BCUT2D eigenvalue weighted by atomic mass is 79.9. The van der Waals surface area contributed by atoms with Gasteiger partial charge in [0.2, 0.25) is 5.88 Å². The summed E-state index contributed by atoms with van der Waals surface area (Å²) in [6.07, 6.45) is 1.76. The van der Waals surface area contributed by atoms with Crippen molar-refractivity contribution in [2.24, 2.45) is 0 Å².